The summed E-state index contributed by atoms with van der Waals surface area (Å²) >= 11 is 0. The fraction of sp³-hybridized carbons (Fsp3) is 0.276. The molecule has 0 unspecified atom stereocenters. The number of para-hydroxylation sites is 1. The molecule has 42 heavy (non-hydrogen) atoms. The Hall–Kier alpha value is -5.33. The van der Waals surface area contributed by atoms with Crippen LogP contribution in [0.1, 0.15) is 39.5 Å². The zero-order valence-electron chi connectivity index (χ0n) is 23.7. The monoisotopic (exact) mass is 569 g/mol. The first kappa shape index (κ1) is 28.2. The number of benzene rings is 1. The minimum atomic E-state index is -0.447. The number of carbonyl (C=O) groups excluding carboxylic acids is 3. The Balaban J connectivity index is 1.39. The maximum atomic E-state index is 13.0. The van der Waals surface area contributed by atoms with Gasteiger partial charge in [0.05, 0.1) is 37.1 Å². The summed E-state index contributed by atoms with van der Waals surface area (Å²) in [7, 11) is 6.61. The van der Waals surface area contributed by atoms with Crippen molar-refractivity contribution in [2.24, 2.45) is 13.0 Å². The predicted octanol–water partition coefficient (Wildman–Crippen LogP) is 3.00. The van der Waals surface area contributed by atoms with Crippen molar-refractivity contribution in [3.63, 3.8) is 0 Å². The molecule has 1 aromatic carbocycles. The van der Waals surface area contributed by atoms with Crippen molar-refractivity contribution >= 4 is 34.9 Å². The molecule has 13 heteroatoms. The Morgan fingerprint density at radius 1 is 1.10 bits per heavy atom. The van der Waals surface area contributed by atoms with Gasteiger partial charge in [0, 0.05) is 56.6 Å². The summed E-state index contributed by atoms with van der Waals surface area (Å²) in [5.41, 5.74) is 3.43. The molecule has 3 aromatic heterocycles. The second-order valence-corrected chi connectivity index (χ2v) is 9.97. The van der Waals surface area contributed by atoms with Crippen molar-refractivity contribution in [3.05, 3.63) is 72.2 Å². The highest BCUT2D eigenvalue weighted by molar-refractivity contribution is 6.00. The van der Waals surface area contributed by atoms with Gasteiger partial charge in [-0.2, -0.15) is 0 Å². The zero-order chi connectivity index (χ0) is 29.8. The smallest absolute Gasteiger partial charge is 0.273 e. The molecule has 0 radical (unpaired) electrons. The van der Waals surface area contributed by atoms with Crippen molar-refractivity contribution in [2.45, 2.75) is 19.4 Å². The summed E-state index contributed by atoms with van der Waals surface area (Å²) in [5, 5.41) is 16.6. The summed E-state index contributed by atoms with van der Waals surface area (Å²) in [6, 6.07) is 10.5. The standard InChI is InChI=1S/C29H31N9O4/c1-30-28(40)25-23(12-24(35-36-25)34-27(39)17-8-9-17)33-21-7-5-6-20(26(21)42-4)18-10-11-22(31-13-18)29(41)38(3)15-19-14-37(2)16-32-19/h5-7,10-14,16-17H,8-9,15H2,1-4H3,(H,30,40)(H2,33,34,35,39). The molecule has 3 N–H and O–H groups in total. The van der Waals surface area contributed by atoms with Gasteiger partial charge in [-0.1, -0.05) is 18.2 Å². The highest BCUT2D eigenvalue weighted by atomic mass is 16.5. The zero-order valence-corrected chi connectivity index (χ0v) is 23.7. The minimum absolute atomic E-state index is 0.0184. The van der Waals surface area contributed by atoms with E-state index in [1.54, 1.807) is 48.7 Å². The van der Waals surface area contributed by atoms with Crippen LogP contribution in [0.3, 0.4) is 0 Å². The highest BCUT2D eigenvalue weighted by Gasteiger charge is 2.30. The van der Waals surface area contributed by atoms with E-state index >= 15 is 0 Å². The molecule has 3 amide bonds. The van der Waals surface area contributed by atoms with Crippen molar-refractivity contribution in [1.29, 1.82) is 0 Å². The molecule has 0 spiro atoms. The van der Waals surface area contributed by atoms with Crippen LogP contribution in [0, 0.1) is 5.92 Å². The van der Waals surface area contributed by atoms with E-state index < -0.39 is 5.91 Å². The van der Waals surface area contributed by atoms with Gasteiger partial charge in [0.15, 0.2) is 11.5 Å². The second-order valence-electron chi connectivity index (χ2n) is 9.97. The van der Waals surface area contributed by atoms with Crippen LogP contribution in [-0.2, 0) is 18.4 Å². The summed E-state index contributed by atoms with van der Waals surface area (Å²) in [4.78, 5) is 48.0. The first-order valence-corrected chi connectivity index (χ1v) is 13.3. The van der Waals surface area contributed by atoms with Crippen molar-refractivity contribution in [3.8, 4) is 16.9 Å². The summed E-state index contributed by atoms with van der Waals surface area (Å²) in [5.74, 6) is -0.109. The van der Waals surface area contributed by atoms with E-state index in [1.807, 2.05) is 29.9 Å². The Morgan fingerprint density at radius 2 is 1.90 bits per heavy atom. The molecule has 13 nitrogen and oxygen atoms in total. The van der Waals surface area contributed by atoms with Gasteiger partial charge in [-0.05, 0) is 25.0 Å². The maximum Gasteiger partial charge on any atom is 0.273 e. The number of aromatic nitrogens is 5. The van der Waals surface area contributed by atoms with Crippen LogP contribution in [0.2, 0.25) is 0 Å². The van der Waals surface area contributed by atoms with Crippen molar-refractivity contribution in [2.75, 3.05) is 31.8 Å². The van der Waals surface area contributed by atoms with Gasteiger partial charge >= 0.3 is 0 Å². The molecule has 1 aliphatic rings. The number of hydrogen-bond donors (Lipinski definition) is 3. The summed E-state index contributed by atoms with van der Waals surface area (Å²) in [6.07, 6.45) is 6.85. The molecule has 1 fully saturated rings. The lowest BCUT2D eigenvalue weighted by molar-refractivity contribution is -0.117. The number of ether oxygens (including phenoxy) is 1. The second kappa shape index (κ2) is 12.0. The number of imidazole rings is 1. The van der Waals surface area contributed by atoms with Crippen LogP contribution in [0.25, 0.3) is 11.1 Å². The van der Waals surface area contributed by atoms with E-state index in [2.05, 4.69) is 36.1 Å². The van der Waals surface area contributed by atoms with Crippen LogP contribution in [0.5, 0.6) is 5.75 Å². The molecule has 0 aliphatic heterocycles. The quantitative estimate of drug-likeness (QED) is 0.261. The van der Waals surface area contributed by atoms with E-state index in [-0.39, 0.29) is 29.2 Å². The van der Waals surface area contributed by atoms with Crippen LogP contribution >= 0.6 is 0 Å². The lowest BCUT2D eigenvalue weighted by Gasteiger charge is -2.18. The van der Waals surface area contributed by atoms with Crippen LogP contribution in [-0.4, -0.2) is 68.6 Å². The fourth-order valence-corrected chi connectivity index (χ4v) is 4.37. The molecule has 4 aromatic rings. The molecule has 5 rings (SSSR count). The normalized spacial score (nSPS) is 12.4. The molecule has 0 saturated heterocycles. The number of rotatable bonds is 10. The number of aryl methyl sites for hydroxylation is 1. The number of nitrogens with zero attached hydrogens (tertiary/aromatic N) is 6. The lowest BCUT2D eigenvalue weighted by atomic mass is 10.0. The first-order chi connectivity index (χ1) is 20.3. The molecule has 1 saturated carbocycles. The Morgan fingerprint density at radius 3 is 2.55 bits per heavy atom. The average Bonchev–Trinajstić information content (AvgIpc) is 3.78. The largest absolute Gasteiger partial charge is 0.494 e. The fourth-order valence-electron chi connectivity index (χ4n) is 4.37. The number of carbonyl (C=O) groups is 3. The third-order valence-corrected chi connectivity index (χ3v) is 6.72. The maximum absolute atomic E-state index is 13.0. The van der Waals surface area contributed by atoms with Gasteiger partial charge in [-0.25, -0.2) is 4.98 Å². The van der Waals surface area contributed by atoms with Gasteiger partial charge in [0.2, 0.25) is 5.91 Å². The highest BCUT2D eigenvalue weighted by Crippen LogP contribution is 2.38. The molecule has 216 valence electrons. The topological polar surface area (TPSA) is 156 Å². The summed E-state index contributed by atoms with van der Waals surface area (Å²) in [6.45, 7) is 0.360. The van der Waals surface area contributed by atoms with Gasteiger partial charge in [-0.15, -0.1) is 10.2 Å². The third kappa shape index (κ3) is 6.19. The van der Waals surface area contributed by atoms with E-state index in [0.29, 0.717) is 34.9 Å². The van der Waals surface area contributed by atoms with E-state index in [4.69, 9.17) is 4.74 Å². The number of pyridine rings is 1. The predicted molar refractivity (Wildman–Crippen MR) is 155 cm³/mol. The molecule has 1 aliphatic carbocycles. The number of hydrogen-bond acceptors (Lipinski definition) is 9. The van der Waals surface area contributed by atoms with Crippen LogP contribution in [0.15, 0.2) is 55.1 Å². The van der Waals surface area contributed by atoms with Gasteiger partial charge in [0.25, 0.3) is 11.8 Å². The number of anilines is 3. The minimum Gasteiger partial charge on any atom is -0.494 e. The number of nitrogens with one attached hydrogen (secondary N) is 3. The number of methoxy groups -OCH3 is 1. The average molecular weight is 570 g/mol. The SMILES string of the molecule is CNC(=O)c1nnc(NC(=O)C2CC2)cc1Nc1cccc(-c2ccc(C(=O)N(C)Cc3cn(C)cn3)nc2)c1OC. The van der Waals surface area contributed by atoms with E-state index in [1.165, 1.54) is 14.2 Å². The van der Waals surface area contributed by atoms with Gasteiger partial charge < -0.3 is 30.2 Å². The Kier molecular flexibility index (Phi) is 8.09. The molecule has 3 heterocycles. The van der Waals surface area contributed by atoms with E-state index in [0.717, 1.165) is 24.1 Å². The summed E-state index contributed by atoms with van der Waals surface area (Å²) < 4.78 is 7.59. The Labute approximate surface area is 242 Å². The van der Waals surface area contributed by atoms with E-state index in [9.17, 15) is 14.4 Å². The van der Waals surface area contributed by atoms with Crippen LogP contribution in [0.4, 0.5) is 17.2 Å². The molecular weight excluding hydrogens is 538 g/mol. The first-order valence-electron chi connectivity index (χ1n) is 13.3. The molecule has 0 atom stereocenters. The van der Waals surface area contributed by atoms with Crippen molar-refractivity contribution < 1.29 is 19.1 Å². The Bertz CT molecular complexity index is 1630. The van der Waals surface area contributed by atoms with Crippen molar-refractivity contribution in [1.82, 2.24) is 34.9 Å². The third-order valence-electron chi connectivity index (χ3n) is 6.72. The molecular formula is C29H31N9O4. The lowest BCUT2D eigenvalue weighted by Crippen LogP contribution is -2.27. The van der Waals surface area contributed by atoms with Crippen LogP contribution < -0.4 is 20.7 Å². The molecule has 0 bridgehead atoms. The number of amides is 3. The van der Waals surface area contributed by atoms with Gasteiger partial charge in [0.1, 0.15) is 11.4 Å². The van der Waals surface area contributed by atoms with Gasteiger partial charge in [-0.3, -0.25) is 19.4 Å².